The number of nitrogens with one attached hydrogen (secondary N) is 10. The molecule has 3 aliphatic rings. The highest BCUT2D eigenvalue weighted by Gasteiger charge is 2.50. The first kappa shape index (κ1) is 76.8. The SMILES string of the molecule is CCC[C@H](NC(=O)[C@H](CCC(N)=O)NC(=O)[C@@H]1CCCN1C(=O)[C@@H]1CCCN1C(=O)[C@@H](N)CCC(=O)N[C@H](CS)C(=O)NCC(=O)NCCCCNCCCNC(=O)CNC(=O)[C@H](CS)NC(=O)CC[C@@H](N)C(=O)O)C(=O)N1CCC[C@@]1(O)C(=O)NCC(=O)O. The maximum atomic E-state index is 14.2. The molecule has 0 aliphatic carbocycles. The Morgan fingerprint density at radius 3 is 1.64 bits per heavy atom. The number of rotatable bonds is 41. The standard InChI is InChI=1S/C54H90N16O18S2/c1-2-9-34(50(83)70-25-7-18-54(70,88)53(87)63-28-44(76)77)67-47(80)33(14-15-39(57)71)66-48(81)37-10-5-23-68(37)51(84)38-11-6-24-69(38)49(82)31(55)12-16-40(72)64-35(29-89)45(78)61-26-42(74)59-21-4-3-19-58-20-8-22-60-43(75)27-62-46(79)36(30-90)65-41(73)17-13-32(56)52(85)86/h31-38,58,88-90H,2-30,55-56H2,1H3,(H2,57,71)(H,59,74)(H,60,75)(H,61,78)(H,62,79)(H,63,87)(H,64,72)(H,65,73)(H,66,81)(H,67,80)(H,76,77)(H,85,86)/t31-,32+,33-,34-,35+,36-,37-,38-,54+/m0/s1. The van der Waals surface area contributed by atoms with Crippen molar-refractivity contribution in [2.45, 2.75) is 170 Å². The van der Waals surface area contributed by atoms with Gasteiger partial charge in [0.1, 0.15) is 48.8 Å². The molecule has 0 bridgehead atoms. The highest BCUT2D eigenvalue weighted by atomic mass is 32.1. The van der Waals surface area contributed by atoms with Crippen LogP contribution in [0, 0.1) is 0 Å². The molecule has 19 N–H and O–H groups in total. The molecular formula is C54H90N16O18S2. The highest BCUT2D eigenvalue weighted by Crippen LogP contribution is 2.29. The Morgan fingerprint density at radius 1 is 0.544 bits per heavy atom. The van der Waals surface area contributed by atoms with Crippen molar-refractivity contribution in [3.05, 3.63) is 0 Å². The second-order valence-electron chi connectivity index (χ2n) is 22.0. The van der Waals surface area contributed by atoms with Gasteiger partial charge in [-0.3, -0.25) is 71.9 Å². The third kappa shape index (κ3) is 25.5. The maximum absolute atomic E-state index is 14.2. The van der Waals surface area contributed by atoms with E-state index in [-0.39, 0.29) is 108 Å². The molecule has 9 atom stereocenters. The van der Waals surface area contributed by atoms with Gasteiger partial charge < -0.3 is 100 Å². The number of carboxylic acids is 2. The first-order chi connectivity index (χ1) is 42.7. The van der Waals surface area contributed by atoms with Crippen LogP contribution < -0.4 is 70.4 Å². The van der Waals surface area contributed by atoms with Crippen molar-refractivity contribution in [3.8, 4) is 0 Å². The zero-order chi connectivity index (χ0) is 67.1. The lowest BCUT2D eigenvalue weighted by atomic mass is 10.0. The molecule has 0 saturated carbocycles. The average molecular weight is 1320 g/mol. The summed E-state index contributed by atoms with van der Waals surface area (Å²) in [6.45, 7) is 2.10. The van der Waals surface area contributed by atoms with Crippen molar-refractivity contribution < 1.29 is 87.2 Å². The summed E-state index contributed by atoms with van der Waals surface area (Å²) in [6.07, 6.45) is 1.86. The summed E-state index contributed by atoms with van der Waals surface area (Å²) in [4.78, 5) is 195. The Bertz CT molecular complexity index is 2560. The molecule has 0 radical (unpaired) electrons. The lowest BCUT2D eigenvalue weighted by molar-refractivity contribution is -0.170. The van der Waals surface area contributed by atoms with E-state index in [1.54, 1.807) is 6.92 Å². The maximum Gasteiger partial charge on any atom is 0.322 e. The predicted molar refractivity (Wildman–Crippen MR) is 326 cm³/mol. The quantitative estimate of drug-likeness (QED) is 0.0200. The normalized spacial score (nSPS) is 18.9. The fourth-order valence-corrected chi connectivity index (χ4v) is 10.6. The zero-order valence-electron chi connectivity index (χ0n) is 50.6. The van der Waals surface area contributed by atoms with Crippen LogP contribution in [0.1, 0.15) is 116 Å². The number of nitrogens with zero attached hydrogens (tertiary/aromatic N) is 3. The third-order valence-electron chi connectivity index (χ3n) is 15.0. The Morgan fingerprint density at radius 2 is 1.09 bits per heavy atom. The molecule has 0 aromatic carbocycles. The van der Waals surface area contributed by atoms with Crippen LogP contribution >= 0.6 is 25.3 Å². The summed E-state index contributed by atoms with van der Waals surface area (Å²) in [5.74, 6) is -12.0. The van der Waals surface area contributed by atoms with Gasteiger partial charge in [0.2, 0.25) is 76.6 Å². The summed E-state index contributed by atoms with van der Waals surface area (Å²) < 4.78 is 0. The molecule has 0 aromatic heterocycles. The van der Waals surface area contributed by atoms with Crippen LogP contribution in [0.15, 0.2) is 0 Å². The van der Waals surface area contributed by atoms with E-state index in [0.29, 0.717) is 64.7 Å². The predicted octanol–water partition coefficient (Wildman–Crippen LogP) is -7.13. The van der Waals surface area contributed by atoms with Gasteiger partial charge in [-0.15, -0.1) is 0 Å². The van der Waals surface area contributed by atoms with Gasteiger partial charge in [0.25, 0.3) is 5.91 Å². The Kier molecular flexibility index (Phi) is 33.9. The van der Waals surface area contributed by atoms with Crippen LogP contribution in [0.4, 0.5) is 0 Å². The molecule has 36 heteroatoms. The molecular weight excluding hydrogens is 1220 g/mol. The van der Waals surface area contributed by atoms with Crippen LogP contribution in [-0.4, -0.2) is 250 Å². The van der Waals surface area contributed by atoms with Gasteiger partial charge in [0.15, 0.2) is 0 Å². The number of primary amides is 1. The lowest BCUT2D eigenvalue weighted by Crippen LogP contribution is -2.62. The molecule has 3 rings (SSSR count). The molecule has 13 amide bonds. The van der Waals surface area contributed by atoms with Crippen LogP contribution in [-0.2, 0) is 71.9 Å². The van der Waals surface area contributed by atoms with Crippen LogP contribution in [0.5, 0.6) is 0 Å². The Hall–Kier alpha value is -7.41. The van der Waals surface area contributed by atoms with E-state index < -0.39 is 156 Å². The van der Waals surface area contributed by atoms with E-state index in [1.165, 1.54) is 9.80 Å². The van der Waals surface area contributed by atoms with Crippen molar-refractivity contribution in [2.75, 3.05) is 77.0 Å². The van der Waals surface area contributed by atoms with E-state index in [1.807, 2.05) is 0 Å². The minimum Gasteiger partial charge on any atom is -0.480 e. The minimum absolute atomic E-state index is 0.0193. The number of aliphatic carboxylic acids is 2. The summed E-state index contributed by atoms with van der Waals surface area (Å²) in [5, 5.41) is 54.7. The summed E-state index contributed by atoms with van der Waals surface area (Å²) in [5.41, 5.74) is 14.7. The van der Waals surface area contributed by atoms with E-state index in [0.717, 1.165) is 4.90 Å². The number of thiol groups is 2. The van der Waals surface area contributed by atoms with E-state index in [9.17, 15) is 77.0 Å². The second kappa shape index (κ2) is 39.7. The first-order valence-corrected chi connectivity index (χ1v) is 31.3. The number of likely N-dealkylation sites (tertiary alicyclic amines) is 3. The largest absolute Gasteiger partial charge is 0.480 e. The van der Waals surface area contributed by atoms with E-state index in [4.69, 9.17) is 27.4 Å². The zero-order valence-corrected chi connectivity index (χ0v) is 52.3. The molecule has 0 spiro atoms. The molecule has 0 unspecified atom stereocenters. The number of carbonyl (C=O) groups is 15. The van der Waals surface area contributed by atoms with Crippen molar-refractivity contribution in [1.82, 2.24) is 67.9 Å². The van der Waals surface area contributed by atoms with Crippen molar-refractivity contribution >= 4 is 114 Å². The second-order valence-corrected chi connectivity index (χ2v) is 22.7. The lowest BCUT2D eigenvalue weighted by Gasteiger charge is -2.35. The van der Waals surface area contributed by atoms with Gasteiger partial charge in [0.05, 0.1) is 19.1 Å². The Balaban J connectivity index is 1.39. The van der Waals surface area contributed by atoms with E-state index >= 15 is 0 Å². The number of carboxylic acid groups (broad SMARTS) is 2. The van der Waals surface area contributed by atoms with Gasteiger partial charge in [-0.2, -0.15) is 25.3 Å². The number of carbonyl (C=O) groups excluding carboxylic acids is 13. The van der Waals surface area contributed by atoms with Crippen molar-refractivity contribution in [2.24, 2.45) is 17.2 Å². The first-order valence-electron chi connectivity index (χ1n) is 30.1. The van der Waals surface area contributed by atoms with Gasteiger partial charge in [-0.1, -0.05) is 13.3 Å². The Labute approximate surface area is 531 Å². The van der Waals surface area contributed by atoms with Gasteiger partial charge in [-0.25, -0.2) is 0 Å². The smallest absolute Gasteiger partial charge is 0.322 e. The van der Waals surface area contributed by atoms with E-state index in [2.05, 4.69) is 78.4 Å². The average Bonchev–Trinajstić information content (AvgIpc) is 1.65. The highest BCUT2D eigenvalue weighted by molar-refractivity contribution is 7.80. The monoisotopic (exact) mass is 1310 g/mol. The molecule has 3 aliphatic heterocycles. The number of nitrogens with two attached hydrogens (primary N) is 3. The number of amides is 13. The number of aliphatic hydroxyl groups is 1. The third-order valence-corrected chi connectivity index (χ3v) is 15.7. The molecule has 34 nitrogen and oxygen atoms in total. The molecule has 0 aromatic rings. The van der Waals surface area contributed by atoms with Crippen molar-refractivity contribution in [3.63, 3.8) is 0 Å². The fourth-order valence-electron chi connectivity index (χ4n) is 10.1. The fraction of sp³-hybridized carbons (Fsp3) is 0.722. The van der Waals surface area contributed by atoms with Gasteiger partial charge in [-0.05, 0) is 90.1 Å². The van der Waals surface area contributed by atoms with Crippen LogP contribution in [0.3, 0.4) is 0 Å². The van der Waals surface area contributed by atoms with Crippen molar-refractivity contribution in [1.29, 1.82) is 0 Å². The van der Waals surface area contributed by atoms with Crippen LogP contribution in [0.2, 0.25) is 0 Å². The number of hydrogen-bond acceptors (Lipinski definition) is 21. The summed E-state index contributed by atoms with van der Waals surface area (Å²) >= 11 is 8.21. The molecule has 90 heavy (non-hydrogen) atoms. The molecule has 3 heterocycles. The molecule has 3 saturated heterocycles. The van der Waals surface area contributed by atoms with Gasteiger partial charge in [0, 0.05) is 69.9 Å². The van der Waals surface area contributed by atoms with Crippen LogP contribution in [0.25, 0.3) is 0 Å². The topological polar surface area (TPSA) is 525 Å². The minimum atomic E-state index is -2.40. The van der Waals surface area contributed by atoms with Gasteiger partial charge >= 0.3 is 11.9 Å². The number of hydrogen-bond donors (Lipinski definition) is 18. The molecule has 3 fully saturated rings. The molecule has 506 valence electrons. The number of unbranched alkanes of at least 4 members (excludes halogenated alkanes) is 1. The summed E-state index contributed by atoms with van der Waals surface area (Å²) in [7, 11) is 0. The summed E-state index contributed by atoms with van der Waals surface area (Å²) in [6, 6.07) is -9.60.